The van der Waals surface area contributed by atoms with Crippen molar-refractivity contribution in [1.29, 1.82) is 0 Å². The Hall–Kier alpha value is -1.20. The summed E-state index contributed by atoms with van der Waals surface area (Å²) in [7, 11) is 0. The molecule has 2 N–H and O–H groups in total. The highest BCUT2D eigenvalue weighted by Gasteiger charge is 2.25. The lowest BCUT2D eigenvalue weighted by Gasteiger charge is -2.35. The smallest absolute Gasteiger partial charge is 0.240 e. The van der Waals surface area contributed by atoms with Crippen LogP contribution in [0.15, 0.2) is 24.3 Å². The quantitative estimate of drug-likeness (QED) is 0.865. The number of piperazine rings is 1. The van der Waals surface area contributed by atoms with Crippen LogP contribution in [0, 0.1) is 0 Å². The van der Waals surface area contributed by atoms with Crippen LogP contribution in [0.3, 0.4) is 0 Å². The van der Waals surface area contributed by atoms with Gasteiger partial charge in [0.15, 0.2) is 0 Å². The van der Waals surface area contributed by atoms with Gasteiger partial charge in [-0.25, -0.2) is 8.78 Å². The molecule has 1 aromatic carbocycles. The zero-order chi connectivity index (χ0) is 13.0. The van der Waals surface area contributed by atoms with Gasteiger partial charge in [-0.3, -0.25) is 4.90 Å². The van der Waals surface area contributed by atoms with Crippen LogP contribution in [0.25, 0.3) is 0 Å². The maximum atomic E-state index is 12.7. The van der Waals surface area contributed by atoms with E-state index in [1.807, 2.05) is 0 Å². The Labute approximate surface area is 105 Å². The van der Waals surface area contributed by atoms with Gasteiger partial charge in [0, 0.05) is 38.6 Å². The van der Waals surface area contributed by atoms with E-state index in [9.17, 15) is 13.9 Å². The van der Waals surface area contributed by atoms with Gasteiger partial charge in [0.25, 0.3) is 0 Å². The van der Waals surface area contributed by atoms with Crippen LogP contribution < -0.4 is 5.32 Å². The Morgan fingerprint density at radius 3 is 2.33 bits per heavy atom. The average Bonchev–Trinajstić information content (AvgIpc) is 2.38. The molecule has 1 fully saturated rings. The average molecular weight is 256 g/mol. The zero-order valence-corrected chi connectivity index (χ0v) is 10.1. The van der Waals surface area contributed by atoms with Crippen molar-refractivity contribution in [1.82, 2.24) is 10.2 Å². The number of hydrogen-bond donors (Lipinski definition) is 2. The molecular weight excluding hydrogens is 238 g/mol. The normalized spacial score (nSPS) is 19.1. The van der Waals surface area contributed by atoms with Crippen LogP contribution in [0.5, 0.6) is 5.75 Å². The molecule has 3 nitrogen and oxygen atoms in total. The van der Waals surface area contributed by atoms with Gasteiger partial charge in [-0.2, -0.15) is 0 Å². The van der Waals surface area contributed by atoms with Crippen LogP contribution in [-0.2, 0) is 0 Å². The zero-order valence-electron chi connectivity index (χ0n) is 10.1. The minimum absolute atomic E-state index is 0.162. The Morgan fingerprint density at radius 1 is 1.17 bits per heavy atom. The number of aromatic hydroxyl groups is 1. The largest absolute Gasteiger partial charge is 0.508 e. The highest BCUT2D eigenvalue weighted by Crippen LogP contribution is 2.28. The molecule has 100 valence electrons. The fourth-order valence-corrected chi connectivity index (χ4v) is 2.36. The van der Waals surface area contributed by atoms with Gasteiger partial charge in [0.1, 0.15) is 5.75 Å². The number of alkyl halides is 2. The third-order valence-corrected chi connectivity index (χ3v) is 3.27. The summed E-state index contributed by atoms with van der Waals surface area (Å²) in [6.07, 6.45) is -2.48. The minimum atomic E-state index is -2.32. The molecule has 0 bridgehead atoms. The predicted molar refractivity (Wildman–Crippen MR) is 65.9 cm³/mol. The molecule has 2 rings (SSSR count). The fourth-order valence-electron chi connectivity index (χ4n) is 2.36. The Morgan fingerprint density at radius 2 is 1.78 bits per heavy atom. The highest BCUT2D eigenvalue weighted by atomic mass is 19.3. The summed E-state index contributed by atoms with van der Waals surface area (Å²) in [5.41, 5.74) is 0.843. The van der Waals surface area contributed by atoms with E-state index in [-0.39, 0.29) is 18.2 Å². The molecule has 0 aliphatic carbocycles. The van der Waals surface area contributed by atoms with Crippen LogP contribution >= 0.6 is 0 Å². The van der Waals surface area contributed by atoms with E-state index in [0.29, 0.717) is 0 Å². The third-order valence-electron chi connectivity index (χ3n) is 3.27. The lowest BCUT2D eigenvalue weighted by Crippen LogP contribution is -2.45. The number of nitrogens with zero attached hydrogens (tertiary/aromatic N) is 1. The van der Waals surface area contributed by atoms with E-state index >= 15 is 0 Å². The Kier molecular flexibility index (Phi) is 4.49. The van der Waals surface area contributed by atoms with E-state index in [2.05, 4.69) is 10.2 Å². The molecule has 1 aliphatic rings. The lowest BCUT2D eigenvalue weighted by atomic mass is 10.0. The van der Waals surface area contributed by atoms with Crippen LogP contribution in [0.4, 0.5) is 8.78 Å². The van der Waals surface area contributed by atoms with E-state index < -0.39 is 6.43 Å². The molecule has 0 spiro atoms. The van der Waals surface area contributed by atoms with Gasteiger partial charge in [0.05, 0.1) is 0 Å². The fraction of sp³-hybridized carbons (Fsp3) is 0.538. The first-order valence-electron chi connectivity index (χ1n) is 6.18. The molecule has 0 radical (unpaired) electrons. The van der Waals surface area contributed by atoms with E-state index in [1.54, 1.807) is 24.3 Å². The van der Waals surface area contributed by atoms with Crippen molar-refractivity contribution >= 4 is 0 Å². The van der Waals surface area contributed by atoms with E-state index in [0.717, 1.165) is 31.7 Å². The van der Waals surface area contributed by atoms with Crippen LogP contribution in [0.1, 0.15) is 18.0 Å². The van der Waals surface area contributed by atoms with Crippen molar-refractivity contribution < 1.29 is 13.9 Å². The summed E-state index contributed by atoms with van der Waals surface area (Å²) < 4.78 is 25.4. The molecule has 0 aromatic heterocycles. The summed E-state index contributed by atoms with van der Waals surface area (Å²) in [6, 6.07) is 6.29. The summed E-state index contributed by atoms with van der Waals surface area (Å²) >= 11 is 0. The number of phenolic OH excluding ortho intramolecular Hbond substituents is 1. The van der Waals surface area contributed by atoms with Crippen molar-refractivity contribution in [2.75, 3.05) is 26.2 Å². The summed E-state index contributed by atoms with van der Waals surface area (Å²) in [5.74, 6) is 0.162. The van der Waals surface area contributed by atoms with Gasteiger partial charge >= 0.3 is 0 Å². The predicted octanol–water partition coefficient (Wildman–Crippen LogP) is 1.99. The van der Waals surface area contributed by atoms with Gasteiger partial charge in [-0.15, -0.1) is 0 Å². The van der Waals surface area contributed by atoms with Crippen LogP contribution in [0.2, 0.25) is 0 Å². The van der Waals surface area contributed by atoms with Gasteiger partial charge in [-0.1, -0.05) is 12.1 Å². The molecule has 0 amide bonds. The van der Waals surface area contributed by atoms with Gasteiger partial charge in [0.2, 0.25) is 6.43 Å². The molecule has 5 heteroatoms. The Balaban J connectivity index is 2.15. The molecule has 1 heterocycles. The standard InChI is InChI=1S/C13H18F2N2O/c14-13(15)9-12(17-7-5-16-6-8-17)10-1-3-11(18)4-2-10/h1-4,12-13,16,18H,5-9H2/t12-/m1/s1. The SMILES string of the molecule is Oc1ccc([C@@H](CC(F)F)N2CCNCC2)cc1. The second-order valence-electron chi connectivity index (χ2n) is 4.52. The second kappa shape index (κ2) is 6.11. The minimum Gasteiger partial charge on any atom is -0.508 e. The third kappa shape index (κ3) is 3.40. The second-order valence-corrected chi connectivity index (χ2v) is 4.52. The molecule has 1 aromatic rings. The van der Waals surface area contributed by atoms with Gasteiger partial charge < -0.3 is 10.4 Å². The van der Waals surface area contributed by atoms with E-state index in [4.69, 9.17) is 0 Å². The Bertz CT molecular complexity index is 364. The molecule has 1 saturated heterocycles. The summed E-state index contributed by atoms with van der Waals surface area (Å²) in [4.78, 5) is 2.08. The first-order chi connectivity index (χ1) is 8.66. The first kappa shape index (κ1) is 13.2. The van der Waals surface area contributed by atoms with Crippen LogP contribution in [-0.4, -0.2) is 42.6 Å². The molecule has 1 atom stereocenters. The number of nitrogens with one attached hydrogen (secondary N) is 1. The van der Waals surface area contributed by atoms with Gasteiger partial charge in [-0.05, 0) is 17.7 Å². The van der Waals surface area contributed by atoms with Crippen molar-refractivity contribution in [3.8, 4) is 5.75 Å². The molecule has 1 aliphatic heterocycles. The molecule has 18 heavy (non-hydrogen) atoms. The summed E-state index contributed by atoms with van der Waals surface area (Å²) in [5, 5.41) is 12.5. The molecule has 0 unspecified atom stereocenters. The highest BCUT2D eigenvalue weighted by molar-refractivity contribution is 5.28. The lowest BCUT2D eigenvalue weighted by molar-refractivity contribution is 0.0739. The maximum absolute atomic E-state index is 12.7. The maximum Gasteiger partial charge on any atom is 0.240 e. The van der Waals surface area contributed by atoms with E-state index in [1.165, 1.54) is 0 Å². The monoisotopic (exact) mass is 256 g/mol. The van der Waals surface area contributed by atoms with Crippen molar-refractivity contribution in [3.05, 3.63) is 29.8 Å². The number of rotatable bonds is 4. The first-order valence-corrected chi connectivity index (χ1v) is 6.18. The number of phenols is 1. The summed E-state index contributed by atoms with van der Waals surface area (Å²) in [6.45, 7) is 3.21. The topological polar surface area (TPSA) is 35.5 Å². The molecule has 0 saturated carbocycles. The molecular formula is C13H18F2N2O. The van der Waals surface area contributed by atoms with Crippen molar-refractivity contribution in [2.24, 2.45) is 0 Å². The number of benzene rings is 1. The van der Waals surface area contributed by atoms with Crippen molar-refractivity contribution in [2.45, 2.75) is 18.9 Å². The number of hydrogen-bond acceptors (Lipinski definition) is 3. The number of halogens is 2. The van der Waals surface area contributed by atoms with Crippen molar-refractivity contribution in [3.63, 3.8) is 0 Å².